The fraction of sp³-hybridized carbons (Fsp3) is 0.409. The lowest BCUT2D eigenvalue weighted by atomic mass is 10.1. The summed E-state index contributed by atoms with van der Waals surface area (Å²) < 4.78 is 44.6. The van der Waals surface area contributed by atoms with Crippen LogP contribution in [0, 0.1) is 13.8 Å². The van der Waals surface area contributed by atoms with Gasteiger partial charge in [0.15, 0.2) is 6.10 Å². The molecule has 0 saturated carbocycles. The van der Waals surface area contributed by atoms with E-state index in [1.54, 1.807) is 17.9 Å². The van der Waals surface area contributed by atoms with Gasteiger partial charge in [-0.3, -0.25) is 4.79 Å². The van der Waals surface area contributed by atoms with Gasteiger partial charge >= 0.3 is 6.18 Å². The van der Waals surface area contributed by atoms with Gasteiger partial charge in [0.1, 0.15) is 5.75 Å². The SMILES string of the molecule is Cc1cc(C)cc(O[C@H](C)C(=O)N2CCN(c3cccc(C(F)(F)F)c3)CC2)c1. The molecule has 7 heteroatoms. The minimum absolute atomic E-state index is 0.118. The number of hydrogen-bond acceptors (Lipinski definition) is 3. The summed E-state index contributed by atoms with van der Waals surface area (Å²) in [6, 6.07) is 11.1. The van der Waals surface area contributed by atoms with Crippen molar-refractivity contribution in [2.45, 2.75) is 33.1 Å². The number of amides is 1. The van der Waals surface area contributed by atoms with Crippen LogP contribution in [0.1, 0.15) is 23.6 Å². The maximum atomic E-state index is 12.9. The van der Waals surface area contributed by atoms with E-state index in [0.717, 1.165) is 23.3 Å². The Morgan fingerprint density at radius 1 is 1.00 bits per heavy atom. The van der Waals surface area contributed by atoms with Crippen LogP contribution in [0.25, 0.3) is 0 Å². The van der Waals surface area contributed by atoms with Crippen molar-refractivity contribution >= 4 is 11.6 Å². The molecule has 29 heavy (non-hydrogen) atoms. The van der Waals surface area contributed by atoms with Crippen LogP contribution in [0.5, 0.6) is 5.75 Å². The number of rotatable bonds is 4. The van der Waals surface area contributed by atoms with Gasteiger partial charge in [0.2, 0.25) is 0 Å². The molecule has 2 aromatic carbocycles. The van der Waals surface area contributed by atoms with Crippen LogP contribution in [0.2, 0.25) is 0 Å². The highest BCUT2D eigenvalue weighted by Gasteiger charge is 2.31. The monoisotopic (exact) mass is 406 g/mol. The first kappa shape index (κ1) is 21.0. The van der Waals surface area contributed by atoms with Crippen molar-refractivity contribution < 1.29 is 22.7 Å². The second-order valence-corrected chi connectivity index (χ2v) is 7.44. The zero-order valence-electron chi connectivity index (χ0n) is 16.8. The molecule has 4 nitrogen and oxygen atoms in total. The lowest BCUT2D eigenvalue weighted by molar-refractivity contribution is -0.138. The summed E-state index contributed by atoms with van der Waals surface area (Å²) in [4.78, 5) is 16.3. The van der Waals surface area contributed by atoms with Crippen LogP contribution in [0.3, 0.4) is 0 Å². The number of carbonyl (C=O) groups excluding carboxylic acids is 1. The standard InChI is InChI=1S/C22H25F3N2O2/c1-15-11-16(2)13-20(12-15)29-17(3)21(28)27-9-7-26(8-10-27)19-6-4-5-18(14-19)22(23,24)25/h4-6,11-14,17H,7-10H2,1-3H3/t17-/m1/s1. The third-order valence-corrected chi connectivity index (χ3v) is 4.99. The molecular weight excluding hydrogens is 381 g/mol. The molecule has 0 unspecified atom stereocenters. The molecule has 1 heterocycles. The number of halogens is 3. The van der Waals surface area contributed by atoms with Gasteiger partial charge < -0.3 is 14.5 Å². The molecule has 1 atom stereocenters. The summed E-state index contributed by atoms with van der Waals surface area (Å²) in [5.41, 5.74) is 1.99. The first-order valence-corrected chi connectivity index (χ1v) is 9.59. The van der Waals surface area contributed by atoms with E-state index < -0.39 is 17.8 Å². The van der Waals surface area contributed by atoms with E-state index in [2.05, 4.69) is 0 Å². The summed E-state index contributed by atoms with van der Waals surface area (Å²) in [5, 5.41) is 0. The fourth-order valence-electron chi connectivity index (χ4n) is 3.58. The Balaban J connectivity index is 1.59. The normalized spacial score (nSPS) is 15.9. The first-order chi connectivity index (χ1) is 13.6. The average molecular weight is 406 g/mol. The van der Waals surface area contributed by atoms with Crippen molar-refractivity contribution in [3.05, 3.63) is 59.2 Å². The predicted octanol–water partition coefficient (Wildman–Crippen LogP) is 4.44. The number of anilines is 1. The van der Waals surface area contributed by atoms with E-state index in [1.165, 1.54) is 6.07 Å². The summed E-state index contributed by atoms with van der Waals surface area (Å²) in [6.45, 7) is 7.50. The van der Waals surface area contributed by atoms with E-state index in [4.69, 9.17) is 4.74 Å². The number of alkyl halides is 3. The molecule has 0 N–H and O–H groups in total. The number of nitrogens with zero attached hydrogens (tertiary/aromatic N) is 2. The number of hydrogen-bond donors (Lipinski definition) is 0. The van der Waals surface area contributed by atoms with Crippen molar-refractivity contribution in [3.8, 4) is 5.75 Å². The summed E-state index contributed by atoms with van der Waals surface area (Å²) in [6.07, 6.45) is -4.99. The van der Waals surface area contributed by atoms with Crippen LogP contribution in [0.15, 0.2) is 42.5 Å². The Morgan fingerprint density at radius 2 is 1.62 bits per heavy atom. The van der Waals surface area contributed by atoms with Gasteiger partial charge in [-0.2, -0.15) is 13.2 Å². The molecule has 1 amide bonds. The first-order valence-electron chi connectivity index (χ1n) is 9.59. The van der Waals surface area contributed by atoms with Crippen molar-refractivity contribution in [1.29, 1.82) is 0 Å². The number of carbonyl (C=O) groups is 1. The summed E-state index contributed by atoms with van der Waals surface area (Å²) in [5.74, 6) is 0.541. The Hall–Kier alpha value is -2.70. The largest absolute Gasteiger partial charge is 0.481 e. The van der Waals surface area contributed by atoms with Gasteiger partial charge in [-0.15, -0.1) is 0 Å². The van der Waals surface area contributed by atoms with Gasteiger partial charge in [-0.1, -0.05) is 12.1 Å². The molecule has 0 bridgehead atoms. The number of aryl methyl sites for hydroxylation is 2. The molecule has 1 fully saturated rings. The molecule has 1 saturated heterocycles. The predicted molar refractivity (Wildman–Crippen MR) is 106 cm³/mol. The third-order valence-electron chi connectivity index (χ3n) is 4.99. The fourth-order valence-corrected chi connectivity index (χ4v) is 3.58. The molecule has 0 radical (unpaired) electrons. The van der Waals surface area contributed by atoms with Gasteiger partial charge in [0.05, 0.1) is 5.56 Å². The van der Waals surface area contributed by atoms with Crippen LogP contribution in [0.4, 0.5) is 18.9 Å². The van der Waals surface area contributed by atoms with E-state index in [-0.39, 0.29) is 5.91 Å². The zero-order valence-corrected chi connectivity index (χ0v) is 16.8. The van der Waals surface area contributed by atoms with Gasteiger partial charge in [-0.05, 0) is 62.2 Å². The van der Waals surface area contributed by atoms with Gasteiger partial charge in [-0.25, -0.2) is 0 Å². The lowest BCUT2D eigenvalue weighted by Gasteiger charge is -2.37. The van der Waals surface area contributed by atoms with Crippen molar-refractivity contribution in [1.82, 2.24) is 4.90 Å². The average Bonchev–Trinajstić information content (AvgIpc) is 2.66. The second-order valence-electron chi connectivity index (χ2n) is 7.44. The molecule has 0 aliphatic carbocycles. The minimum Gasteiger partial charge on any atom is -0.481 e. The number of piperazine rings is 1. The molecule has 3 rings (SSSR count). The van der Waals surface area contributed by atoms with E-state index in [9.17, 15) is 18.0 Å². The van der Waals surface area contributed by atoms with Crippen LogP contribution >= 0.6 is 0 Å². The van der Waals surface area contributed by atoms with Crippen LogP contribution in [-0.2, 0) is 11.0 Å². The Kier molecular flexibility index (Phi) is 6.05. The molecule has 2 aromatic rings. The Bertz CT molecular complexity index is 854. The van der Waals surface area contributed by atoms with Gasteiger partial charge in [0.25, 0.3) is 5.91 Å². The van der Waals surface area contributed by atoms with Gasteiger partial charge in [0, 0.05) is 31.9 Å². The molecule has 1 aliphatic heterocycles. The zero-order chi connectivity index (χ0) is 21.2. The van der Waals surface area contributed by atoms with E-state index >= 15 is 0 Å². The molecular formula is C22H25F3N2O2. The van der Waals surface area contributed by atoms with E-state index in [0.29, 0.717) is 37.6 Å². The molecule has 156 valence electrons. The molecule has 0 aromatic heterocycles. The Morgan fingerprint density at radius 3 is 2.21 bits per heavy atom. The summed E-state index contributed by atoms with van der Waals surface area (Å²) >= 11 is 0. The highest BCUT2D eigenvalue weighted by Crippen LogP contribution is 2.32. The van der Waals surface area contributed by atoms with Crippen molar-refractivity contribution in [3.63, 3.8) is 0 Å². The maximum absolute atomic E-state index is 12.9. The smallest absolute Gasteiger partial charge is 0.416 e. The number of ether oxygens (including phenoxy) is 1. The molecule has 0 spiro atoms. The lowest BCUT2D eigenvalue weighted by Crippen LogP contribution is -2.52. The van der Waals surface area contributed by atoms with Crippen molar-refractivity contribution in [2.24, 2.45) is 0 Å². The highest BCUT2D eigenvalue weighted by molar-refractivity contribution is 5.81. The second kappa shape index (κ2) is 8.35. The van der Waals surface area contributed by atoms with Crippen molar-refractivity contribution in [2.75, 3.05) is 31.1 Å². The van der Waals surface area contributed by atoms with Crippen LogP contribution < -0.4 is 9.64 Å². The number of benzene rings is 2. The topological polar surface area (TPSA) is 32.8 Å². The quantitative estimate of drug-likeness (QED) is 0.753. The molecule has 1 aliphatic rings. The van der Waals surface area contributed by atoms with E-state index in [1.807, 2.05) is 36.9 Å². The summed E-state index contributed by atoms with van der Waals surface area (Å²) in [7, 11) is 0. The maximum Gasteiger partial charge on any atom is 0.416 e. The highest BCUT2D eigenvalue weighted by atomic mass is 19.4. The van der Waals surface area contributed by atoms with Crippen LogP contribution in [-0.4, -0.2) is 43.1 Å². The Labute approximate surface area is 168 Å². The third kappa shape index (κ3) is 5.22. The minimum atomic E-state index is -4.37.